The smallest absolute Gasteiger partial charge is 0.393 e. The van der Waals surface area contributed by atoms with Gasteiger partial charge in [-0.15, -0.1) is 0 Å². The van der Waals surface area contributed by atoms with Gasteiger partial charge < -0.3 is 46.0 Å². The zero-order chi connectivity index (χ0) is 37.4. The lowest BCUT2D eigenvalue weighted by Gasteiger charge is -2.41. The van der Waals surface area contributed by atoms with E-state index in [1.54, 1.807) is 6.08 Å². The Morgan fingerprint density at radius 1 is 0.700 bits per heavy atom. The number of amides is 1. The molecule has 1 amide bonds. The van der Waals surface area contributed by atoms with Crippen molar-refractivity contribution in [3.8, 4) is 0 Å². The highest BCUT2D eigenvalue weighted by Gasteiger charge is 2.51. The second-order valence-corrected chi connectivity index (χ2v) is 15.0. The molecule has 50 heavy (non-hydrogen) atoms. The number of aliphatic hydroxyl groups excluding tert-OH is 7. The Morgan fingerprint density at radius 3 is 1.76 bits per heavy atom. The highest BCUT2D eigenvalue weighted by molar-refractivity contribution is 7.47. The first-order valence-electron chi connectivity index (χ1n) is 18.9. The van der Waals surface area contributed by atoms with Crippen LogP contribution in [0.15, 0.2) is 24.3 Å². The second kappa shape index (κ2) is 27.4. The SMILES string of the molecule is CCCCC/C=C/CC/C=C/C(O)C(COP(=O)(O)OC1C(O)C(O)C(O)C(O)C1O)NC(=O)CC(O)CCCCCCCCCCCCC. The van der Waals surface area contributed by atoms with Gasteiger partial charge in [-0.2, -0.15) is 0 Å². The van der Waals surface area contributed by atoms with E-state index in [4.69, 9.17) is 9.05 Å². The number of phosphoric ester groups is 1. The molecule has 0 saturated heterocycles. The number of aliphatic hydroxyl groups is 7. The van der Waals surface area contributed by atoms with E-state index in [0.717, 1.165) is 51.4 Å². The molecule has 0 heterocycles. The molecule has 8 atom stereocenters. The van der Waals surface area contributed by atoms with Crippen molar-refractivity contribution in [2.45, 2.75) is 191 Å². The third-order valence-corrected chi connectivity index (χ3v) is 10.0. The molecular formula is C36H68NO12P. The van der Waals surface area contributed by atoms with Gasteiger partial charge in [-0.25, -0.2) is 4.57 Å². The van der Waals surface area contributed by atoms with Crippen LogP contribution >= 0.6 is 7.82 Å². The van der Waals surface area contributed by atoms with Crippen molar-refractivity contribution < 1.29 is 59.0 Å². The quantitative estimate of drug-likeness (QED) is 0.0301. The van der Waals surface area contributed by atoms with Gasteiger partial charge >= 0.3 is 7.82 Å². The molecule has 1 saturated carbocycles. The third kappa shape index (κ3) is 20.1. The fraction of sp³-hybridized carbons (Fsp3) is 0.861. The number of carbonyl (C=O) groups excluding carboxylic acids is 1. The van der Waals surface area contributed by atoms with Crippen LogP contribution in [-0.4, -0.2) is 108 Å². The normalized spacial score (nSPS) is 25.9. The Hall–Kier alpha value is -1.22. The van der Waals surface area contributed by atoms with Crippen LogP contribution in [-0.2, 0) is 18.4 Å². The number of hydrogen-bond donors (Lipinski definition) is 9. The summed E-state index contributed by atoms with van der Waals surface area (Å²) < 4.78 is 22.6. The topological polar surface area (TPSA) is 226 Å². The lowest BCUT2D eigenvalue weighted by Crippen LogP contribution is -2.64. The summed E-state index contributed by atoms with van der Waals surface area (Å²) in [5.74, 6) is -0.608. The number of phosphoric acid groups is 1. The summed E-state index contributed by atoms with van der Waals surface area (Å²) in [6.07, 6.45) is 11.7. The summed E-state index contributed by atoms with van der Waals surface area (Å²) in [5, 5.41) is 73.8. The van der Waals surface area contributed by atoms with Crippen molar-refractivity contribution in [3.63, 3.8) is 0 Å². The Morgan fingerprint density at radius 2 is 1.18 bits per heavy atom. The van der Waals surface area contributed by atoms with E-state index in [1.807, 2.05) is 6.08 Å². The summed E-state index contributed by atoms with van der Waals surface area (Å²) in [5.41, 5.74) is 0. The van der Waals surface area contributed by atoms with Gasteiger partial charge in [-0.1, -0.05) is 122 Å². The van der Waals surface area contributed by atoms with Crippen molar-refractivity contribution in [1.29, 1.82) is 0 Å². The van der Waals surface area contributed by atoms with Gasteiger partial charge in [0.25, 0.3) is 0 Å². The average molecular weight is 738 g/mol. The minimum atomic E-state index is -5.13. The molecule has 14 heteroatoms. The highest BCUT2D eigenvalue weighted by atomic mass is 31.2. The van der Waals surface area contributed by atoms with Crippen LogP contribution in [0.5, 0.6) is 0 Å². The molecule has 1 aliphatic carbocycles. The summed E-state index contributed by atoms with van der Waals surface area (Å²) in [7, 11) is -5.13. The zero-order valence-electron chi connectivity index (χ0n) is 30.3. The Bertz CT molecular complexity index is 969. The number of nitrogens with one attached hydrogen (secondary N) is 1. The van der Waals surface area contributed by atoms with Gasteiger partial charge in [0.2, 0.25) is 5.91 Å². The molecule has 1 fully saturated rings. The van der Waals surface area contributed by atoms with Crippen LogP contribution in [0.25, 0.3) is 0 Å². The predicted octanol–water partition coefficient (Wildman–Crippen LogP) is 4.08. The van der Waals surface area contributed by atoms with Crippen molar-refractivity contribution in [2.75, 3.05) is 6.61 Å². The zero-order valence-corrected chi connectivity index (χ0v) is 31.2. The first-order chi connectivity index (χ1) is 23.8. The molecule has 13 nitrogen and oxygen atoms in total. The van der Waals surface area contributed by atoms with Gasteiger partial charge in [0, 0.05) is 0 Å². The van der Waals surface area contributed by atoms with Crippen LogP contribution in [0, 0.1) is 0 Å². The molecule has 0 aromatic heterocycles. The van der Waals surface area contributed by atoms with Crippen molar-refractivity contribution in [2.24, 2.45) is 0 Å². The standard InChI is InChI=1S/C36H68NO12P/c1-3-5-7-9-11-13-14-16-17-19-21-23-27(38)25-30(40)37-28(29(39)24-22-20-18-15-12-10-8-6-4-2)26-48-50(46,47)49-36-34(44)32(42)31(41)33(43)35(36)45/h12,15,22,24,27-29,31-36,38-39,41-45H,3-11,13-14,16-21,23,25-26H2,1-2H3,(H,37,40)(H,46,47)/b15-12+,24-22+. The van der Waals surface area contributed by atoms with E-state index in [0.29, 0.717) is 12.8 Å². The van der Waals surface area contributed by atoms with Crippen LogP contribution in [0.3, 0.4) is 0 Å². The fourth-order valence-electron chi connectivity index (χ4n) is 5.84. The maximum absolute atomic E-state index is 12.8. The van der Waals surface area contributed by atoms with E-state index in [1.165, 1.54) is 57.4 Å². The van der Waals surface area contributed by atoms with Gasteiger partial charge in [-0.05, 0) is 32.1 Å². The molecule has 1 rings (SSSR count). The lowest BCUT2D eigenvalue weighted by atomic mass is 9.85. The Labute approximate surface area is 299 Å². The number of unbranched alkanes of at least 4 members (excludes halogenated alkanes) is 14. The predicted molar refractivity (Wildman–Crippen MR) is 192 cm³/mol. The summed E-state index contributed by atoms with van der Waals surface area (Å²) in [6, 6.07) is -1.25. The molecule has 0 aromatic carbocycles. The maximum Gasteiger partial charge on any atom is 0.472 e. The van der Waals surface area contributed by atoms with Gasteiger partial charge in [0.1, 0.15) is 36.6 Å². The first kappa shape index (κ1) is 46.8. The molecule has 0 bridgehead atoms. The van der Waals surface area contributed by atoms with Gasteiger partial charge in [-0.3, -0.25) is 13.8 Å². The van der Waals surface area contributed by atoms with Crippen LogP contribution in [0.2, 0.25) is 0 Å². The Kier molecular flexibility index (Phi) is 25.6. The average Bonchev–Trinajstić information content (AvgIpc) is 3.08. The van der Waals surface area contributed by atoms with Crippen molar-refractivity contribution >= 4 is 13.7 Å². The number of rotatable bonds is 29. The summed E-state index contributed by atoms with van der Waals surface area (Å²) in [6.45, 7) is 3.61. The van der Waals surface area contributed by atoms with Crippen LogP contribution < -0.4 is 5.32 Å². The van der Waals surface area contributed by atoms with Gasteiger partial charge in [0.15, 0.2) is 0 Å². The number of allylic oxidation sites excluding steroid dienone is 3. The molecule has 0 aliphatic heterocycles. The van der Waals surface area contributed by atoms with E-state index in [9.17, 15) is 50.0 Å². The second-order valence-electron chi connectivity index (χ2n) is 13.6. The van der Waals surface area contributed by atoms with E-state index < -0.39 is 75.2 Å². The van der Waals surface area contributed by atoms with Crippen LogP contribution in [0.4, 0.5) is 0 Å². The van der Waals surface area contributed by atoms with Crippen LogP contribution in [0.1, 0.15) is 136 Å². The number of carbonyl (C=O) groups is 1. The van der Waals surface area contributed by atoms with Crippen molar-refractivity contribution in [3.05, 3.63) is 24.3 Å². The van der Waals surface area contributed by atoms with E-state index in [-0.39, 0.29) is 6.42 Å². The van der Waals surface area contributed by atoms with E-state index >= 15 is 0 Å². The van der Waals surface area contributed by atoms with Gasteiger partial charge in [0.05, 0.1) is 31.3 Å². The maximum atomic E-state index is 12.8. The fourth-order valence-corrected chi connectivity index (χ4v) is 6.81. The Balaban J connectivity index is 2.68. The summed E-state index contributed by atoms with van der Waals surface area (Å²) in [4.78, 5) is 23.2. The molecular weight excluding hydrogens is 669 g/mol. The number of hydrogen-bond acceptors (Lipinski definition) is 11. The molecule has 0 radical (unpaired) electrons. The van der Waals surface area contributed by atoms with E-state index in [2.05, 4.69) is 25.2 Å². The highest BCUT2D eigenvalue weighted by Crippen LogP contribution is 2.47. The third-order valence-electron chi connectivity index (χ3n) is 9.04. The van der Waals surface area contributed by atoms with Crippen molar-refractivity contribution in [1.82, 2.24) is 5.32 Å². The summed E-state index contributed by atoms with van der Waals surface area (Å²) >= 11 is 0. The molecule has 8 unspecified atom stereocenters. The first-order valence-corrected chi connectivity index (χ1v) is 20.4. The molecule has 294 valence electrons. The molecule has 9 N–H and O–H groups in total. The molecule has 0 aromatic rings. The molecule has 0 spiro atoms. The largest absolute Gasteiger partial charge is 0.472 e. The lowest BCUT2D eigenvalue weighted by molar-refractivity contribution is -0.220. The molecule has 1 aliphatic rings. The monoisotopic (exact) mass is 737 g/mol. The minimum Gasteiger partial charge on any atom is -0.393 e. The minimum absolute atomic E-state index is 0.251.